The number of hydrogen-bond donors (Lipinski definition) is 1. The Bertz CT molecular complexity index is 441. The lowest BCUT2D eigenvalue weighted by Gasteiger charge is -2.16. The number of methoxy groups -OCH3 is 1. The molecule has 2 N–H and O–H groups in total. The summed E-state index contributed by atoms with van der Waals surface area (Å²) < 4.78 is 15.8. The highest BCUT2D eigenvalue weighted by atomic mass is 16.6. The first-order valence-corrected chi connectivity index (χ1v) is 7.02. The van der Waals surface area contributed by atoms with E-state index in [0.29, 0.717) is 26.3 Å². The van der Waals surface area contributed by atoms with E-state index in [9.17, 15) is 4.79 Å². The van der Waals surface area contributed by atoms with Gasteiger partial charge in [0.1, 0.15) is 6.61 Å². The third kappa shape index (κ3) is 4.70. The van der Waals surface area contributed by atoms with Crippen molar-refractivity contribution in [2.75, 3.05) is 33.4 Å². The molecule has 1 fully saturated rings. The average molecular weight is 294 g/mol. The number of hydrogen-bond acceptors (Lipinski definition) is 5. The third-order valence-electron chi connectivity index (χ3n) is 3.39. The Hall–Kier alpha value is -1.63. The van der Waals surface area contributed by atoms with Crippen molar-refractivity contribution >= 4 is 6.09 Å². The topological polar surface area (TPSA) is 74.0 Å². The summed E-state index contributed by atoms with van der Waals surface area (Å²) in [7, 11) is 1.62. The van der Waals surface area contributed by atoms with Gasteiger partial charge in [-0.1, -0.05) is 30.3 Å². The van der Waals surface area contributed by atoms with E-state index in [1.165, 1.54) is 0 Å². The Labute approximate surface area is 124 Å². The summed E-state index contributed by atoms with van der Waals surface area (Å²) in [5, 5.41) is 0. The number of benzene rings is 1. The summed E-state index contributed by atoms with van der Waals surface area (Å²) in [6, 6.07) is 9.39. The molecular formula is C15H22N2O4. The van der Waals surface area contributed by atoms with Gasteiger partial charge in [-0.15, -0.1) is 0 Å². The Balaban J connectivity index is 1.76. The summed E-state index contributed by atoms with van der Waals surface area (Å²) in [6.45, 7) is 2.16. The van der Waals surface area contributed by atoms with Crippen molar-refractivity contribution in [1.29, 1.82) is 0 Å². The van der Waals surface area contributed by atoms with Crippen molar-refractivity contribution in [3.05, 3.63) is 35.9 Å². The fourth-order valence-electron chi connectivity index (χ4n) is 2.22. The summed E-state index contributed by atoms with van der Waals surface area (Å²) in [4.78, 5) is 13.6. The second-order valence-corrected chi connectivity index (χ2v) is 5.01. The van der Waals surface area contributed by atoms with Crippen molar-refractivity contribution in [3.8, 4) is 0 Å². The van der Waals surface area contributed by atoms with Crippen LogP contribution in [-0.4, -0.2) is 56.6 Å². The molecule has 116 valence electrons. The summed E-state index contributed by atoms with van der Waals surface area (Å²) >= 11 is 0. The SMILES string of the molecule is COCCO[C@H]1CN(C(=O)OCc2ccccc2)C[C@@H]1N. The van der Waals surface area contributed by atoms with Crippen LogP contribution in [0, 0.1) is 0 Å². The Morgan fingerprint density at radius 3 is 2.76 bits per heavy atom. The minimum Gasteiger partial charge on any atom is -0.445 e. The molecule has 6 heteroatoms. The molecule has 0 bridgehead atoms. The van der Waals surface area contributed by atoms with Crippen LogP contribution in [0.4, 0.5) is 4.79 Å². The van der Waals surface area contributed by atoms with Crippen molar-refractivity contribution < 1.29 is 19.0 Å². The van der Waals surface area contributed by atoms with E-state index in [4.69, 9.17) is 19.9 Å². The van der Waals surface area contributed by atoms with Crippen molar-refractivity contribution in [1.82, 2.24) is 4.90 Å². The molecule has 0 radical (unpaired) electrons. The van der Waals surface area contributed by atoms with Crippen LogP contribution in [0.3, 0.4) is 0 Å². The molecule has 0 aromatic heterocycles. The van der Waals surface area contributed by atoms with Gasteiger partial charge < -0.3 is 24.8 Å². The van der Waals surface area contributed by atoms with Crippen LogP contribution in [0.15, 0.2) is 30.3 Å². The molecule has 1 aliphatic heterocycles. The Kier molecular flexibility index (Phi) is 5.98. The molecule has 1 aromatic rings. The van der Waals surface area contributed by atoms with Crippen LogP contribution in [0.5, 0.6) is 0 Å². The molecule has 2 atom stereocenters. The predicted octanol–water partition coefficient (Wildman–Crippen LogP) is 0.998. The minimum absolute atomic E-state index is 0.163. The molecule has 2 rings (SSSR count). The number of ether oxygens (including phenoxy) is 3. The summed E-state index contributed by atoms with van der Waals surface area (Å²) in [5.41, 5.74) is 6.94. The van der Waals surface area contributed by atoms with Crippen LogP contribution in [0.25, 0.3) is 0 Å². The zero-order valence-electron chi connectivity index (χ0n) is 12.2. The second kappa shape index (κ2) is 7.97. The maximum absolute atomic E-state index is 12.0. The highest BCUT2D eigenvalue weighted by molar-refractivity contribution is 5.68. The molecule has 1 amide bonds. The van der Waals surface area contributed by atoms with Crippen molar-refractivity contribution in [2.45, 2.75) is 18.8 Å². The number of nitrogens with two attached hydrogens (primary N) is 1. The zero-order valence-corrected chi connectivity index (χ0v) is 12.2. The third-order valence-corrected chi connectivity index (χ3v) is 3.39. The monoisotopic (exact) mass is 294 g/mol. The molecule has 0 spiro atoms. The van der Waals surface area contributed by atoms with E-state index >= 15 is 0 Å². The molecule has 0 unspecified atom stereocenters. The maximum Gasteiger partial charge on any atom is 0.410 e. The largest absolute Gasteiger partial charge is 0.445 e. The molecule has 21 heavy (non-hydrogen) atoms. The first kappa shape index (κ1) is 15.8. The highest BCUT2D eigenvalue weighted by Crippen LogP contribution is 2.14. The van der Waals surface area contributed by atoms with Gasteiger partial charge in [-0.3, -0.25) is 0 Å². The van der Waals surface area contributed by atoms with Gasteiger partial charge in [0.2, 0.25) is 0 Å². The normalized spacial score (nSPS) is 21.5. The molecule has 1 aliphatic rings. The van der Waals surface area contributed by atoms with Gasteiger partial charge in [0.25, 0.3) is 0 Å². The number of rotatable bonds is 6. The van der Waals surface area contributed by atoms with E-state index in [2.05, 4.69) is 0 Å². The van der Waals surface area contributed by atoms with E-state index in [1.54, 1.807) is 12.0 Å². The van der Waals surface area contributed by atoms with Crippen LogP contribution in [-0.2, 0) is 20.8 Å². The van der Waals surface area contributed by atoms with Crippen molar-refractivity contribution in [3.63, 3.8) is 0 Å². The molecular weight excluding hydrogens is 272 g/mol. The summed E-state index contributed by atoms with van der Waals surface area (Å²) in [5.74, 6) is 0. The number of likely N-dealkylation sites (tertiary alicyclic amines) is 1. The molecule has 1 saturated heterocycles. The molecule has 1 heterocycles. The minimum atomic E-state index is -0.354. The van der Waals surface area contributed by atoms with Gasteiger partial charge >= 0.3 is 6.09 Å². The highest BCUT2D eigenvalue weighted by Gasteiger charge is 2.34. The first-order chi connectivity index (χ1) is 10.2. The van der Waals surface area contributed by atoms with Crippen LogP contribution >= 0.6 is 0 Å². The lowest BCUT2D eigenvalue weighted by atomic mass is 10.2. The van der Waals surface area contributed by atoms with Gasteiger partial charge in [-0.05, 0) is 5.56 Å². The van der Waals surface area contributed by atoms with Gasteiger partial charge in [-0.25, -0.2) is 4.79 Å². The smallest absolute Gasteiger partial charge is 0.410 e. The number of amides is 1. The van der Waals surface area contributed by atoms with Gasteiger partial charge in [0.05, 0.1) is 31.9 Å². The summed E-state index contributed by atoms with van der Waals surface area (Å²) in [6.07, 6.45) is -0.517. The van der Waals surface area contributed by atoms with Gasteiger partial charge in [0.15, 0.2) is 0 Å². The standard InChI is InChI=1S/C15H22N2O4/c1-19-7-8-20-14-10-17(9-13(14)16)15(18)21-11-12-5-3-2-4-6-12/h2-6,13-14H,7-11,16H2,1H3/t13-,14-/m0/s1. The van der Waals surface area contributed by atoms with Crippen LogP contribution < -0.4 is 5.73 Å². The van der Waals surface area contributed by atoms with Gasteiger partial charge in [-0.2, -0.15) is 0 Å². The molecule has 0 saturated carbocycles. The van der Waals surface area contributed by atoms with Crippen LogP contribution in [0.1, 0.15) is 5.56 Å². The molecule has 1 aromatic carbocycles. The Morgan fingerprint density at radius 1 is 1.29 bits per heavy atom. The van der Waals surface area contributed by atoms with E-state index < -0.39 is 0 Å². The van der Waals surface area contributed by atoms with E-state index in [-0.39, 0.29) is 24.8 Å². The zero-order chi connectivity index (χ0) is 15.1. The number of carbonyl (C=O) groups excluding carboxylic acids is 1. The quantitative estimate of drug-likeness (QED) is 0.792. The molecule has 0 aliphatic carbocycles. The molecule has 6 nitrogen and oxygen atoms in total. The van der Waals surface area contributed by atoms with E-state index in [1.807, 2.05) is 30.3 Å². The lowest BCUT2D eigenvalue weighted by Crippen LogP contribution is -2.35. The average Bonchev–Trinajstić information content (AvgIpc) is 2.87. The fourth-order valence-corrected chi connectivity index (χ4v) is 2.22. The first-order valence-electron chi connectivity index (χ1n) is 7.02. The fraction of sp³-hybridized carbons (Fsp3) is 0.533. The maximum atomic E-state index is 12.0. The van der Waals surface area contributed by atoms with E-state index in [0.717, 1.165) is 5.56 Å². The second-order valence-electron chi connectivity index (χ2n) is 5.01. The predicted molar refractivity (Wildman–Crippen MR) is 77.8 cm³/mol. The van der Waals surface area contributed by atoms with Crippen molar-refractivity contribution in [2.24, 2.45) is 5.73 Å². The number of carbonyl (C=O) groups is 1. The Morgan fingerprint density at radius 2 is 2.05 bits per heavy atom. The lowest BCUT2D eigenvalue weighted by molar-refractivity contribution is 0.0155. The van der Waals surface area contributed by atoms with Gasteiger partial charge in [0, 0.05) is 13.7 Å². The number of nitrogens with zero attached hydrogens (tertiary/aromatic N) is 1. The van der Waals surface area contributed by atoms with Crippen LogP contribution in [0.2, 0.25) is 0 Å².